The number of benzene rings is 3. The average Bonchev–Trinajstić information content (AvgIpc) is 2.70. The first kappa shape index (κ1) is 20.6. The van der Waals surface area contributed by atoms with Crippen molar-refractivity contribution in [2.24, 2.45) is 0 Å². The van der Waals surface area contributed by atoms with E-state index >= 15 is 0 Å². The zero-order chi connectivity index (χ0) is 20.8. The minimum atomic E-state index is -0.264. The summed E-state index contributed by atoms with van der Waals surface area (Å²) in [4.78, 5) is 12.5. The molecule has 0 saturated heterocycles. The summed E-state index contributed by atoms with van der Waals surface area (Å²) in [7, 11) is 0. The Hall–Kier alpha value is -3.18. The lowest BCUT2D eigenvalue weighted by molar-refractivity contribution is 0.0977. The number of carbonyl (C=O) groups excluding carboxylic acids is 1. The van der Waals surface area contributed by atoms with Gasteiger partial charge in [0.15, 0.2) is 5.11 Å². The number of anilines is 1. The van der Waals surface area contributed by atoms with Gasteiger partial charge in [-0.2, -0.15) is 0 Å². The molecule has 1 amide bonds. The quantitative estimate of drug-likeness (QED) is 0.565. The molecule has 3 rings (SSSR count). The van der Waals surface area contributed by atoms with Gasteiger partial charge in [-0.15, -0.1) is 0 Å². The third kappa shape index (κ3) is 5.65. The summed E-state index contributed by atoms with van der Waals surface area (Å²) in [5, 5.41) is 6.14. The molecular weight excluding hydrogens is 380 g/mol. The van der Waals surface area contributed by atoms with Crippen LogP contribution in [0.15, 0.2) is 66.7 Å². The molecule has 0 heterocycles. The lowest BCUT2D eigenvalue weighted by Crippen LogP contribution is -2.34. The number of amides is 1. The van der Waals surface area contributed by atoms with Crippen LogP contribution in [0.5, 0.6) is 5.75 Å². The molecule has 0 aliphatic rings. The second kappa shape index (κ2) is 9.34. The molecule has 0 aromatic heterocycles. The van der Waals surface area contributed by atoms with Crippen molar-refractivity contribution in [2.45, 2.75) is 27.4 Å². The summed E-state index contributed by atoms with van der Waals surface area (Å²) in [5.74, 6) is 0.441. The highest BCUT2D eigenvalue weighted by Crippen LogP contribution is 2.22. The fourth-order valence-electron chi connectivity index (χ4n) is 3.14. The van der Waals surface area contributed by atoms with Crippen LogP contribution in [0.2, 0.25) is 0 Å². The van der Waals surface area contributed by atoms with Crippen molar-refractivity contribution in [1.82, 2.24) is 5.32 Å². The number of rotatable bonds is 5. The summed E-state index contributed by atoms with van der Waals surface area (Å²) in [6, 6.07) is 21.1. The van der Waals surface area contributed by atoms with Gasteiger partial charge in [0.25, 0.3) is 5.91 Å². The van der Waals surface area contributed by atoms with Gasteiger partial charge in [-0.3, -0.25) is 10.1 Å². The molecule has 2 N–H and O–H groups in total. The minimum Gasteiger partial charge on any atom is -0.489 e. The van der Waals surface area contributed by atoms with Gasteiger partial charge < -0.3 is 10.1 Å². The Morgan fingerprint density at radius 1 is 0.931 bits per heavy atom. The maximum atomic E-state index is 12.5. The molecule has 148 valence electrons. The molecule has 29 heavy (non-hydrogen) atoms. The third-order valence-corrected chi connectivity index (χ3v) is 4.71. The van der Waals surface area contributed by atoms with Gasteiger partial charge in [-0.1, -0.05) is 48.0 Å². The zero-order valence-corrected chi connectivity index (χ0v) is 17.6. The molecule has 0 radical (unpaired) electrons. The van der Waals surface area contributed by atoms with Crippen molar-refractivity contribution in [2.75, 3.05) is 5.32 Å². The smallest absolute Gasteiger partial charge is 0.257 e. The van der Waals surface area contributed by atoms with Gasteiger partial charge in [-0.25, -0.2) is 0 Å². The van der Waals surface area contributed by atoms with Gasteiger partial charge in [0.2, 0.25) is 0 Å². The maximum Gasteiger partial charge on any atom is 0.257 e. The van der Waals surface area contributed by atoms with E-state index in [2.05, 4.69) is 29.7 Å². The van der Waals surface area contributed by atoms with E-state index < -0.39 is 0 Å². The molecule has 0 fully saturated rings. The predicted molar refractivity (Wildman–Crippen MR) is 122 cm³/mol. The maximum absolute atomic E-state index is 12.5. The molecule has 0 aliphatic carbocycles. The summed E-state index contributed by atoms with van der Waals surface area (Å²) < 4.78 is 5.75. The molecule has 5 heteroatoms. The normalized spacial score (nSPS) is 10.3. The number of nitrogens with one attached hydrogen (secondary N) is 2. The minimum absolute atomic E-state index is 0.264. The lowest BCUT2D eigenvalue weighted by atomic mass is 10.1. The highest BCUT2D eigenvalue weighted by molar-refractivity contribution is 7.80. The fourth-order valence-corrected chi connectivity index (χ4v) is 3.34. The van der Waals surface area contributed by atoms with Gasteiger partial charge in [0, 0.05) is 11.3 Å². The van der Waals surface area contributed by atoms with E-state index in [9.17, 15) is 4.79 Å². The Labute approximate surface area is 176 Å². The van der Waals surface area contributed by atoms with E-state index in [1.165, 1.54) is 5.56 Å². The van der Waals surface area contributed by atoms with Crippen LogP contribution < -0.4 is 15.4 Å². The first-order valence-electron chi connectivity index (χ1n) is 9.39. The van der Waals surface area contributed by atoms with Crippen LogP contribution in [0.25, 0.3) is 0 Å². The van der Waals surface area contributed by atoms with Crippen LogP contribution in [-0.4, -0.2) is 11.0 Å². The van der Waals surface area contributed by atoms with Crippen LogP contribution in [0.1, 0.15) is 32.6 Å². The van der Waals surface area contributed by atoms with E-state index in [0.717, 1.165) is 22.4 Å². The van der Waals surface area contributed by atoms with Gasteiger partial charge in [0.05, 0.1) is 0 Å². The lowest BCUT2D eigenvalue weighted by Gasteiger charge is -2.15. The SMILES string of the molecule is Cc1cc(C)c(NC(=S)NC(=O)c2ccc(OCc3ccccc3)cc2)c(C)c1. The molecule has 4 nitrogen and oxygen atoms in total. The Morgan fingerprint density at radius 2 is 1.55 bits per heavy atom. The number of aryl methyl sites for hydroxylation is 3. The van der Waals surface area contributed by atoms with Gasteiger partial charge >= 0.3 is 0 Å². The monoisotopic (exact) mass is 404 g/mol. The first-order chi connectivity index (χ1) is 13.9. The highest BCUT2D eigenvalue weighted by Gasteiger charge is 2.11. The largest absolute Gasteiger partial charge is 0.489 e. The van der Waals surface area contributed by atoms with Crippen molar-refractivity contribution in [3.8, 4) is 5.75 Å². The van der Waals surface area contributed by atoms with Crippen LogP contribution in [-0.2, 0) is 6.61 Å². The van der Waals surface area contributed by atoms with Gasteiger partial charge in [-0.05, 0) is 73.9 Å². The topological polar surface area (TPSA) is 50.4 Å². The number of thiocarbonyl (C=S) groups is 1. The number of ether oxygens (including phenoxy) is 1. The molecule has 0 bridgehead atoms. The van der Waals surface area contributed by atoms with Crippen molar-refractivity contribution in [1.29, 1.82) is 0 Å². The summed E-state index contributed by atoms with van der Waals surface area (Å²) in [6.45, 7) is 6.56. The third-order valence-electron chi connectivity index (χ3n) is 4.51. The molecule has 0 spiro atoms. The zero-order valence-electron chi connectivity index (χ0n) is 16.8. The average molecular weight is 405 g/mol. The Bertz CT molecular complexity index is 992. The molecular formula is C24H24N2O2S. The molecule has 0 aliphatic heterocycles. The van der Waals surface area contributed by atoms with E-state index in [0.29, 0.717) is 17.9 Å². The summed E-state index contributed by atoms with van der Waals surface area (Å²) in [6.07, 6.45) is 0. The fraction of sp³-hybridized carbons (Fsp3) is 0.167. The predicted octanol–water partition coefficient (Wildman–Crippen LogP) is 5.32. The van der Waals surface area contributed by atoms with E-state index in [-0.39, 0.29) is 11.0 Å². The van der Waals surface area contributed by atoms with Gasteiger partial charge in [0.1, 0.15) is 12.4 Å². The summed E-state index contributed by atoms with van der Waals surface area (Å²) in [5.41, 5.74) is 5.88. The molecule has 3 aromatic rings. The second-order valence-electron chi connectivity index (χ2n) is 6.98. The standard InChI is InChI=1S/C24H24N2O2S/c1-16-13-17(2)22(18(3)14-16)25-24(29)26-23(27)20-9-11-21(12-10-20)28-15-19-7-5-4-6-8-19/h4-14H,15H2,1-3H3,(H2,25,26,27,29). The molecule has 0 unspecified atom stereocenters. The molecule has 0 atom stereocenters. The van der Waals surface area contributed by atoms with Crippen LogP contribution >= 0.6 is 12.2 Å². The first-order valence-corrected chi connectivity index (χ1v) is 9.80. The van der Waals surface area contributed by atoms with Crippen molar-refractivity contribution >= 4 is 28.9 Å². The summed E-state index contributed by atoms with van der Waals surface area (Å²) >= 11 is 5.32. The van der Waals surface area contributed by atoms with Crippen molar-refractivity contribution in [3.05, 3.63) is 94.5 Å². The Balaban J connectivity index is 1.57. The van der Waals surface area contributed by atoms with E-state index in [1.807, 2.05) is 44.2 Å². The van der Waals surface area contributed by atoms with Crippen LogP contribution in [0, 0.1) is 20.8 Å². The van der Waals surface area contributed by atoms with Crippen molar-refractivity contribution in [3.63, 3.8) is 0 Å². The molecule has 3 aromatic carbocycles. The van der Waals surface area contributed by atoms with Crippen LogP contribution in [0.3, 0.4) is 0 Å². The Kier molecular flexibility index (Phi) is 6.62. The van der Waals surface area contributed by atoms with E-state index in [4.69, 9.17) is 17.0 Å². The van der Waals surface area contributed by atoms with Crippen molar-refractivity contribution < 1.29 is 9.53 Å². The van der Waals surface area contributed by atoms with Crippen LogP contribution in [0.4, 0.5) is 5.69 Å². The number of carbonyl (C=O) groups is 1. The van der Waals surface area contributed by atoms with E-state index in [1.54, 1.807) is 24.3 Å². The molecule has 0 saturated carbocycles. The highest BCUT2D eigenvalue weighted by atomic mass is 32.1. The number of hydrogen-bond donors (Lipinski definition) is 2. The number of hydrogen-bond acceptors (Lipinski definition) is 3. The Morgan fingerprint density at radius 3 is 2.17 bits per heavy atom. The second-order valence-corrected chi connectivity index (χ2v) is 7.39.